The number of nitrogens with one attached hydrogen (secondary N) is 2. The third-order valence-corrected chi connectivity index (χ3v) is 4.33. The maximum atomic E-state index is 12.1. The second kappa shape index (κ2) is 5.38. The largest absolute Gasteiger partial charge is 0.355 e. The zero-order valence-corrected chi connectivity index (χ0v) is 10.9. The van der Waals surface area contributed by atoms with Gasteiger partial charge in [0.15, 0.2) is 0 Å². The van der Waals surface area contributed by atoms with Gasteiger partial charge in [-0.2, -0.15) is 9.98 Å². The quantitative estimate of drug-likeness (QED) is 0.820. The van der Waals surface area contributed by atoms with Crippen LogP contribution in [0.25, 0.3) is 0 Å². The highest BCUT2D eigenvalue weighted by molar-refractivity contribution is 7.89. The highest BCUT2D eigenvalue weighted by atomic mass is 32.2. The van der Waals surface area contributed by atoms with Crippen LogP contribution in [0.4, 0.5) is 0 Å². The number of benzene rings is 1. The Morgan fingerprint density at radius 3 is 2.89 bits per heavy atom. The summed E-state index contributed by atoms with van der Waals surface area (Å²) in [5.74, 6) is -0.314. The molecule has 1 saturated heterocycles. The van der Waals surface area contributed by atoms with E-state index >= 15 is 0 Å². The highest BCUT2D eigenvalue weighted by Crippen LogP contribution is 2.13. The Kier molecular flexibility index (Phi) is 3.83. The molecule has 0 saturated carbocycles. The highest BCUT2D eigenvalue weighted by Gasteiger charge is 2.27. The lowest BCUT2D eigenvalue weighted by molar-refractivity contribution is -0.124. The molecule has 1 atom stereocenters. The number of nitriles is 1. The van der Waals surface area contributed by atoms with Crippen molar-refractivity contribution in [3.05, 3.63) is 29.8 Å². The average Bonchev–Trinajstić information content (AvgIpc) is 2.41. The molecule has 2 N–H and O–H groups in total. The lowest BCUT2D eigenvalue weighted by atomic mass is 10.1. The lowest BCUT2D eigenvalue weighted by Crippen LogP contribution is -2.50. The van der Waals surface area contributed by atoms with E-state index in [-0.39, 0.29) is 16.4 Å². The van der Waals surface area contributed by atoms with Crippen LogP contribution in [0.3, 0.4) is 0 Å². The fourth-order valence-electron chi connectivity index (χ4n) is 1.87. The fraction of sp³-hybridized carbons (Fsp3) is 0.333. The van der Waals surface area contributed by atoms with Crippen LogP contribution in [0.15, 0.2) is 29.2 Å². The first kappa shape index (κ1) is 13.5. The first-order valence-electron chi connectivity index (χ1n) is 5.83. The Bertz CT molecular complexity index is 634. The van der Waals surface area contributed by atoms with Gasteiger partial charge in [0.1, 0.15) is 6.04 Å². The van der Waals surface area contributed by atoms with Crippen molar-refractivity contribution in [2.45, 2.75) is 23.8 Å². The van der Waals surface area contributed by atoms with E-state index < -0.39 is 16.1 Å². The topological polar surface area (TPSA) is 99.1 Å². The van der Waals surface area contributed by atoms with Gasteiger partial charge in [0.2, 0.25) is 15.9 Å². The van der Waals surface area contributed by atoms with Crippen LogP contribution in [0.2, 0.25) is 0 Å². The van der Waals surface area contributed by atoms with Gasteiger partial charge < -0.3 is 5.32 Å². The second-order valence-corrected chi connectivity index (χ2v) is 5.96. The first-order chi connectivity index (χ1) is 9.03. The van der Waals surface area contributed by atoms with Gasteiger partial charge in [0, 0.05) is 6.54 Å². The van der Waals surface area contributed by atoms with Crippen LogP contribution >= 0.6 is 0 Å². The third-order valence-electron chi connectivity index (χ3n) is 2.86. The monoisotopic (exact) mass is 279 g/mol. The van der Waals surface area contributed by atoms with Crippen LogP contribution in [-0.2, 0) is 14.8 Å². The van der Waals surface area contributed by atoms with Gasteiger partial charge >= 0.3 is 0 Å². The molecule has 19 heavy (non-hydrogen) atoms. The van der Waals surface area contributed by atoms with Crippen molar-refractivity contribution in [1.29, 1.82) is 5.26 Å². The van der Waals surface area contributed by atoms with Crippen LogP contribution in [0, 0.1) is 11.3 Å². The zero-order valence-electron chi connectivity index (χ0n) is 10.1. The summed E-state index contributed by atoms with van der Waals surface area (Å²) >= 11 is 0. The molecule has 7 heteroatoms. The van der Waals surface area contributed by atoms with Crippen molar-refractivity contribution in [2.75, 3.05) is 6.54 Å². The third kappa shape index (κ3) is 3.10. The first-order valence-corrected chi connectivity index (χ1v) is 7.31. The summed E-state index contributed by atoms with van der Waals surface area (Å²) < 4.78 is 26.6. The van der Waals surface area contributed by atoms with E-state index in [0.717, 1.165) is 6.42 Å². The Hall–Kier alpha value is -1.91. The van der Waals surface area contributed by atoms with Gasteiger partial charge in [-0.05, 0) is 31.0 Å². The van der Waals surface area contributed by atoms with Crippen molar-refractivity contribution in [3.63, 3.8) is 0 Å². The van der Waals surface area contributed by atoms with Crippen molar-refractivity contribution in [1.82, 2.24) is 10.0 Å². The van der Waals surface area contributed by atoms with Crippen molar-refractivity contribution in [3.8, 4) is 6.07 Å². The molecule has 1 heterocycles. The predicted molar refractivity (Wildman–Crippen MR) is 67.5 cm³/mol. The number of piperidine rings is 1. The van der Waals surface area contributed by atoms with E-state index in [9.17, 15) is 13.2 Å². The molecule has 1 fully saturated rings. The lowest BCUT2D eigenvalue weighted by Gasteiger charge is -2.22. The molecular weight excluding hydrogens is 266 g/mol. The zero-order chi connectivity index (χ0) is 13.9. The molecule has 1 aliphatic heterocycles. The number of carbonyl (C=O) groups excluding carboxylic acids is 1. The van der Waals surface area contributed by atoms with E-state index in [1.807, 2.05) is 6.07 Å². The molecule has 2 rings (SSSR count). The maximum Gasteiger partial charge on any atom is 0.241 e. The number of nitrogens with zero attached hydrogens (tertiary/aromatic N) is 1. The standard InChI is InChI=1S/C12H13N3O3S/c13-8-9-3-1-4-10(7-9)19(17,18)15-11-5-2-6-14-12(11)16/h1,3-4,7,11,15H,2,5-6H2,(H,14,16)/t11-/m0/s1. The van der Waals surface area contributed by atoms with Gasteiger partial charge in [0.05, 0.1) is 16.5 Å². The predicted octanol–water partition coefficient (Wildman–Crippen LogP) is 0.115. The Balaban J connectivity index is 2.22. The Morgan fingerprint density at radius 1 is 1.42 bits per heavy atom. The molecule has 0 unspecified atom stereocenters. The number of rotatable bonds is 3. The summed E-state index contributed by atoms with van der Waals surface area (Å²) in [4.78, 5) is 11.5. The number of carbonyl (C=O) groups is 1. The molecule has 0 aliphatic carbocycles. The van der Waals surface area contributed by atoms with E-state index in [2.05, 4.69) is 10.0 Å². The molecule has 0 bridgehead atoms. The minimum Gasteiger partial charge on any atom is -0.355 e. The molecule has 100 valence electrons. The van der Waals surface area contributed by atoms with Crippen LogP contribution in [-0.4, -0.2) is 26.9 Å². The van der Waals surface area contributed by atoms with Gasteiger partial charge in [-0.1, -0.05) is 6.07 Å². The minimum absolute atomic E-state index is 0.00933. The number of hydrogen-bond donors (Lipinski definition) is 2. The van der Waals surface area contributed by atoms with Gasteiger partial charge in [-0.3, -0.25) is 4.79 Å². The molecule has 1 aromatic rings. The van der Waals surface area contributed by atoms with Gasteiger partial charge in [-0.15, -0.1) is 0 Å². The van der Waals surface area contributed by atoms with Crippen LogP contribution in [0.5, 0.6) is 0 Å². The van der Waals surface area contributed by atoms with Crippen molar-refractivity contribution < 1.29 is 13.2 Å². The minimum atomic E-state index is -3.79. The maximum absolute atomic E-state index is 12.1. The molecule has 1 aromatic carbocycles. The summed E-state index contributed by atoms with van der Waals surface area (Å²) in [6, 6.07) is 6.82. The second-order valence-electron chi connectivity index (χ2n) is 4.25. The molecule has 1 amide bonds. The Morgan fingerprint density at radius 2 is 2.21 bits per heavy atom. The number of amides is 1. The summed E-state index contributed by atoms with van der Waals surface area (Å²) in [7, 11) is -3.79. The average molecular weight is 279 g/mol. The molecule has 0 radical (unpaired) electrons. The summed E-state index contributed by atoms with van der Waals surface area (Å²) in [6.45, 7) is 0.570. The van der Waals surface area contributed by atoms with E-state index in [4.69, 9.17) is 5.26 Å². The molecule has 0 aromatic heterocycles. The SMILES string of the molecule is N#Cc1cccc(S(=O)(=O)N[C@H]2CCCNC2=O)c1. The summed E-state index contributed by atoms with van der Waals surface area (Å²) in [6.07, 6.45) is 1.21. The summed E-state index contributed by atoms with van der Waals surface area (Å²) in [5, 5.41) is 11.4. The molecule has 6 nitrogen and oxygen atoms in total. The van der Waals surface area contributed by atoms with E-state index in [1.54, 1.807) is 0 Å². The fourth-order valence-corrected chi connectivity index (χ4v) is 3.15. The van der Waals surface area contributed by atoms with E-state index in [1.165, 1.54) is 24.3 Å². The van der Waals surface area contributed by atoms with Crippen LogP contribution < -0.4 is 10.0 Å². The molecule has 0 spiro atoms. The number of hydrogen-bond acceptors (Lipinski definition) is 4. The number of sulfonamides is 1. The van der Waals surface area contributed by atoms with Crippen molar-refractivity contribution >= 4 is 15.9 Å². The smallest absolute Gasteiger partial charge is 0.241 e. The molecular formula is C12H13N3O3S. The molecule has 1 aliphatic rings. The van der Waals surface area contributed by atoms with E-state index in [0.29, 0.717) is 13.0 Å². The van der Waals surface area contributed by atoms with Gasteiger partial charge in [-0.25, -0.2) is 8.42 Å². The van der Waals surface area contributed by atoms with Gasteiger partial charge in [0.25, 0.3) is 0 Å². The normalized spacial score (nSPS) is 19.5. The summed E-state index contributed by atoms with van der Waals surface area (Å²) in [5.41, 5.74) is 0.260. The van der Waals surface area contributed by atoms with Crippen LogP contribution in [0.1, 0.15) is 18.4 Å². The Labute approximate surface area is 111 Å². The van der Waals surface area contributed by atoms with Crippen molar-refractivity contribution in [2.24, 2.45) is 0 Å².